The fraction of sp³-hybridized carbons (Fsp3) is 0. The van der Waals surface area contributed by atoms with E-state index in [0.717, 1.165) is 5.65 Å². The first-order valence-corrected chi connectivity index (χ1v) is 3.25. The van der Waals surface area contributed by atoms with Gasteiger partial charge in [0.1, 0.15) is 7.85 Å². The van der Waals surface area contributed by atoms with Gasteiger partial charge in [-0.15, -0.1) is 0 Å². The molecule has 0 aliphatic carbocycles. The van der Waals surface area contributed by atoms with Gasteiger partial charge in [0.15, 0.2) is 5.65 Å². The lowest BCUT2D eigenvalue weighted by Crippen LogP contribution is -2.07. The Hall–Kier alpha value is -1.45. The molecule has 0 atom stereocenters. The molecule has 0 fully saturated rings. The fourth-order valence-electron chi connectivity index (χ4n) is 1.08. The molecular weight excluding hydrogens is 137 g/mol. The largest absolute Gasteiger partial charge is 0.396 e. The summed E-state index contributed by atoms with van der Waals surface area (Å²) < 4.78 is 1.80. The van der Waals surface area contributed by atoms with Crippen molar-refractivity contribution in [2.45, 2.75) is 0 Å². The second kappa shape index (κ2) is 2.02. The number of fused-ring (bicyclic) bond motifs is 1. The quantitative estimate of drug-likeness (QED) is 0.515. The maximum atomic E-state index is 5.64. The van der Waals surface area contributed by atoms with Gasteiger partial charge in [0, 0.05) is 18.6 Å². The van der Waals surface area contributed by atoms with Gasteiger partial charge in [-0.1, -0.05) is 5.46 Å². The Labute approximate surface area is 65.3 Å². The number of aromatic nitrogens is 2. The molecule has 0 amide bonds. The van der Waals surface area contributed by atoms with Gasteiger partial charge in [0.05, 0.1) is 5.69 Å². The van der Waals surface area contributed by atoms with Gasteiger partial charge in [0.2, 0.25) is 0 Å². The van der Waals surface area contributed by atoms with Crippen molar-refractivity contribution < 1.29 is 0 Å². The molecule has 2 aromatic rings. The van der Waals surface area contributed by atoms with Crippen molar-refractivity contribution >= 4 is 24.6 Å². The van der Waals surface area contributed by atoms with Gasteiger partial charge < -0.3 is 10.1 Å². The fourth-order valence-corrected chi connectivity index (χ4v) is 1.08. The van der Waals surface area contributed by atoms with E-state index in [9.17, 15) is 0 Å². The molecule has 0 bridgehead atoms. The Morgan fingerprint density at radius 1 is 1.55 bits per heavy atom. The van der Waals surface area contributed by atoms with Crippen LogP contribution in [-0.4, -0.2) is 17.2 Å². The van der Waals surface area contributed by atoms with Crippen LogP contribution in [0, 0.1) is 0 Å². The lowest BCUT2D eigenvalue weighted by atomic mass is 9.98. The van der Waals surface area contributed by atoms with E-state index >= 15 is 0 Å². The molecule has 0 aliphatic heterocycles. The number of hydrogen-bond donors (Lipinski definition) is 1. The van der Waals surface area contributed by atoms with Crippen molar-refractivity contribution in [2.75, 3.05) is 5.73 Å². The zero-order valence-corrected chi connectivity index (χ0v) is 5.86. The van der Waals surface area contributed by atoms with Crippen molar-refractivity contribution in [3.63, 3.8) is 0 Å². The van der Waals surface area contributed by atoms with E-state index in [1.807, 2.05) is 6.20 Å². The first kappa shape index (κ1) is 6.28. The number of rotatable bonds is 0. The van der Waals surface area contributed by atoms with Crippen LogP contribution in [-0.2, 0) is 0 Å². The summed E-state index contributed by atoms with van der Waals surface area (Å²) in [5.74, 6) is 0. The summed E-state index contributed by atoms with van der Waals surface area (Å²) >= 11 is 0. The number of nitrogen functional groups attached to an aromatic ring is 1. The Morgan fingerprint density at radius 3 is 3.18 bits per heavy atom. The third-order valence-electron chi connectivity index (χ3n) is 1.54. The molecule has 0 spiro atoms. The third-order valence-corrected chi connectivity index (χ3v) is 1.54. The van der Waals surface area contributed by atoms with Crippen molar-refractivity contribution in [2.24, 2.45) is 0 Å². The molecule has 0 aromatic carbocycles. The minimum atomic E-state index is 0.606. The highest BCUT2D eigenvalue weighted by Gasteiger charge is 1.97. The van der Waals surface area contributed by atoms with Crippen molar-refractivity contribution in [1.29, 1.82) is 0 Å². The topological polar surface area (TPSA) is 43.3 Å². The first-order chi connectivity index (χ1) is 5.27. The lowest BCUT2D eigenvalue weighted by Gasteiger charge is -1.99. The molecule has 52 valence electrons. The van der Waals surface area contributed by atoms with E-state index in [4.69, 9.17) is 13.6 Å². The molecule has 2 rings (SSSR count). The van der Waals surface area contributed by atoms with Crippen LogP contribution in [0.25, 0.3) is 5.65 Å². The molecule has 2 heterocycles. The average Bonchev–Trinajstić information content (AvgIpc) is 2.34. The summed E-state index contributed by atoms with van der Waals surface area (Å²) in [5, 5.41) is 0. The minimum Gasteiger partial charge on any atom is -0.396 e. The van der Waals surface area contributed by atoms with Crippen LogP contribution in [0.3, 0.4) is 0 Å². The monoisotopic (exact) mass is 143 g/mol. The maximum absolute atomic E-state index is 5.64. The molecule has 2 radical (unpaired) electrons. The maximum Gasteiger partial charge on any atom is 0.159 e. The number of pyridine rings is 1. The highest BCUT2D eigenvalue weighted by atomic mass is 15.0. The van der Waals surface area contributed by atoms with Crippen molar-refractivity contribution in [3.8, 4) is 0 Å². The van der Waals surface area contributed by atoms with Gasteiger partial charge in [0.25, 0.3) is 0 Å². The predicted molar refractivity (Wildman–Crippen MR) is 45.0 cm³/mol. The van der Waals surface area contributed by atoms with Crippen LogP contribution < -0.4 is 11.2 Å². The SMILES string of the molecule is [B]c1cc(N)c2nccn2c1. The van der Waals surface area contributed by atoms with Crippen molar-refractivity contribution in [3.05, 3.63) is 24.7 Å². The summed E-state index contributed by atoms with van der Waals surface area (Å²) in [6.45, 7) is 0. The van der Waals surface area contributed by atoms with E-state index in [1.165, 1.54) is 0 Å². The first-order valence-electron chi connectivity index (χ1n) is 3.25. The van der Waals surface area contributed by atoms with Gasteiger partial charge in [-0.05, 0) is 6.07 Å². The number of anilines is 1. The molecule has 2 aromatic heterocycles. The lowest BCUT2D eigenvalue weighted by molar-refractivity contribution is 1.20. The third kappa shape index (κ3) is 0.870. The van der Waals surface area contributed by atoms with Gasteiger partial charge in [-0.2, -0.15) is 0 Å². The summed E-state index contributed by atoms with van der Waals surface area (Å²) in [4.78, 5) is 4.04. The molecule has 2 N–H and O–H groups in total. The number of nitrogens with zero attached hydrogens (tertiary/aromatic N) is 2. The minimum absolute atomic E-state index is 0.606. The van der Waals surface area contributed by atoms with Crippen LogP contribution >= 0.6 is 0 Å². The molecule has 4 heteroatoms. The van der Waals surface area contributed by atoms with E-state index < -0.39 is 0 Å². The van der Waals surface area contributed by atoms with Gasteiger partial charge >= 0.3 is 0 Å². The standard InChI is InChI=1S/C7H6BN3/c8-5-3-6(9)7-10-1-2-11(7)4-5/h1-4H,9H2. The zero-order chi connectivity index (χ0) is 7.84. The van der Waals surface area contributed by atoms with Crippen molar-refractivity contribution in [1.82, 2.24) is 9.38 Å². The Kier molecular flexibility index (Phi) is 1.15. The normalized spacial score (nSPS) is 10.5. The van der Waals surface area contributed by atoms with E-state index in [-0.39, 0.29) is 0 Å². The van der Waals surface area contributed by atoms with Crippen LogP contribution in [0.1, 0.15) is 0 Å². The molecule has 0 saturated carbocycles. The zero-order valence-electron chi connectivity index (χ0n) is 5.86. The molecule has 0 aliphatic rings. The highest BCUT2D eigenvalue weighted by Crippen LogP contribution is 2.07. The van der Waals surface area contributed by atoms with Gasteiger partial charge in [-0.3, -0.25) is 0 Å². The predicted octanol–water partition coefficient (Wildman–Crippen LogP) is -0.290. The summed E-state index contributed by atoms with van der Waals surface area (Å²) in [6, 6.07) is 1.70. The van der Waals surface area contributed by atoms with E-state index in [1.54, 1.807) is 22.9 Å². The molecule has 3 nitrogen and oxygen atoms in total. The summed E-state index contributed by atoms with van der Waals surface area (Å²) in [5.41, 5.74) is 7.64. The van der Waals surface area contributed by atoms with Crippen LogP contribution in [0.2, 0.25) is 0 Å². The highest BCUT2D eigenvalue weighted by molar-refractivity contribution is 6.32. The molecule has 11 heavy (non-hydrogen) atoms. The molecule has 0 unspecified atom stereocenters. The smallest absolute Gasteiger partial charge is 0.159 e. The number of imidazole rings is 1. The molecular formula is C7H6BN3. The Morgan fingerprint density at radius 2 is 2.36 bits per heavy atom. The van der Waals surface area contributed by atoms with E-state index in [2.05, 4.69) is 4.98 Å². The second-order valence-electron chi connectivity index (χ2n) is 2.39. The Balaban J connectivity index is 2.91. The average molecular weight is 143 g/mol. The number of nitrogens with two attached hydrogens (primary N) is 1. The number of hydrogen-bond acceptors (Lipinski definition) is 2. The van der Waals surface area contributed by atoms with E-state index in [0.29, 0.717) is 11.2 Å². The molecule has 0 saturated heterocycles. The van der Waals surface area contributed by atoms with Gasteiger partial charge in [-0.25, -0.2) is 4.98 Å². The van der Waals surface area contributed by atoms with Crippen LogP contribution in [0.5, 0.6) is 0 Å². The van der Waals surface area contributed by atoms with Crippen LogP contribution in [0.4, 0.5) is 5.69 Å². The summed E-state index contributed by atoms with van der Waals surface area (Å²) in [6.07, 6.45) is 5.27. The Bertz CT molecular complexity index is 393. The van der Waals surface area contributed by atoms with Crippen LogP contribution in [0.15, 0.2) is 24.7 Å². The summed E-state index contributed by atoms with van der Waals surface area (Å²) in [7, 11) is 5.56. The second-order valence-corrected chi connectivity index (χ2v) is 2.39.